The molecule has 8 heteroatoms. The highest BCUT2D eigenvalue weighted by Crippen LogP contribution is 2.07. The third-order valence-electron chi connectivity index (χ3n) is 8.02. The van der Waals surface area contributed by atoms with Crippen LogP contribution in [0.4, 0.5) is 0 Å². The van der Waals surface area contributed by atoms with Crippen LogP contribution < -0.4 is 53.7 Å². The fourth-order valence-corrected chi connectivity index (χ4v) is 5.23. The average Bonchev–Trinajstić information content (AvgIpc) is 3.01. The molecular weight excluding hydrogens is 680 g/mol. The molecule has 2 N–H and O–H groups in total. The van der Waals surface area contributed by atoms with Crippen LogP contribution in [0.2, 0.25) is 0 Å². The quantitative estimate of drug-likeness (QED) is 0.120. The maximum atomic E-state index is 12.3. The lowest BCUT2D eigenvalue weighted by Crippen LogP contribution is -3.00. The van der Waals surface area contributed by atoms with E-state index in [-0.39, 0.29) is 45.8 Å². The number of amides is 2. The van der Waals surface area contributed by atoms with Gasteiger partial charge in [-0.1, -0.05) is 90.9 Å². The number of nitrogens with one attached hydrogen (secondary N) is 2. The number of halogens is 2. The van der Waals surface area contributed by atoms with Gasteiger partial charge in [-0.2, -0.15) is 0 Å². The average molecular weight is 741 g/mol. The van der Waals surface area contributed by atoms with Crippen molar-refractivity contribution in [3.05, 3.63) is 60.2 Å². The Bertz CT molecular complexity index is 892. The van der Waals surface area contributed by atoms with Crippen LogP contribution in [0.15, 0.2) is 49.1 Å². The summed E-state index contributed by atoms with van der Waals surface area (Å²) in [6, 6.07) is 7.74. The number of hydrogen-bond donors (Lipinski definition) is 2. The lowest BCUT2D eigenvalue weighted by atomic mass is 10.1. The highest BCUT2D eigenvalue weighted by molar-refractivity contribution is 5.94. The SMILES string of the molecule is CCCCCCCCNC(=O)c1cc[n+](CCCCCCCC[n+]2ccc(C(=O)NCCCCCCCC)cc2)cc1.[Br-].[Br-]. The summed E-state index contributed by atoms with van der Waals surface area (Å²) in [7, 11) is 0. The largest absolute Gasteiger partial charge is 1.00 e. The second-order valence-corrected chi connectivity index (χ2v) is 11.8. The predicted molar refractivity (Wildman–Crippen MR) is 172 cm³/mol. The number of carbonyl (C=O) groups excluding carboxylic acids is 2. The minimum Gasteiger partial charge on any atom is -1.00 e. The molecule has 0 aromatic carbocycles. The first-order valence-corrected chi connectivity index (χ1v) is 17.2. The lowest BCUT2D eigenvalue weighted by molar-refractivity contribution is -0.697. The Labute approximate surface area is 289 Å². The summed E-state index contributed by atoms with van der Waals surface area (Å²) in [4.78, 5) is 24.7. The van der Waals surface area contributed by atoms with Gasteiger partial charge in [-0.3, -0.25) is 9.59 Å². The summed E-state index contributed by atoms with van der Waals surface area (Å²) in [5, 5.41) is 6.10. The van der Waals surface area contributed by atoms with E-state index < -0.39 is 0 Å². The van der Waals surface area contributed by atoms with Crippen LogP contribution in [-0.2, 0) is 13.1 Å². The van der Waals surface area contributed by atoms with Gasteiger partial charge in [-0.15, -0.1) is 0 Å². The highest BCUT2D eigenvalue weighted by Gasteiger charge is 2.09. The standard InChI is InChI=1S/C36H58N4O2.2BrH/c1-3-5-7-9-13-17-25-37-35(41)33-21-29-39(30-22-33)27-19-15-11-12-16-20-28-40-31-23-34(24-32-40)36(42)38-26-18-14-10-8-6-4-2;;/h21-24,29-32H,3-20,25-28H2,1-2H3;2*1H. The fraction of sp³-hybridized carbons (Fsp3) is 0.667. The smallest absolute Gasteiger partial charge is 0.251 e. The fourth-order valence-electron chi connectivity index (χ4n) is 5.23. The molecule has 0 atom stereocenters. The van der Waals surface area contributed by atoms with Gasteiger partial charge >= 0.3 is 0 Å². The van der Waals surface area contributed by atoms with Crippen LogP contribution in [0, 0.1) is 0 Å². The zero-order valence-corrected chi connectivity index (χ0v) is 30.8. The molecule has 2 aromatic rings. The molecule has 0 aliphatic heterocycles. The number of unbranched alkanes of at least 4 members (excludes halogenated alkanes) is 15. The Kier molecular flexibility index (Phi) is 27.5. The van der Waals surface area contributed by atoms with Crippen LogP contribution in [0.1, 0.15) is 150 Å². The molecule has 0 aliphatic rings. The van der Waals surface area contributed by atoms with Gasteiger partial charge < -0.3 is 44.6 Å². The maximum Gasteiger partial charge on any atom is 0.251 e. The third-order valence-corrected chi connectivity index (χ3v) is 8.02. The van der Waals surface area contributed by atoms with Gasteiger partial charge in [0.25, 0.3) is 11.8 Å². The number of nitrogens with zero attached hydrogens (tertiary/aromatic N) is 2. The molecule has 0 saturated carbocycles. The van der Waals surface area contributed by atoms with Crippen molar-refractivity contribution < 1.29 is 52.7 Å². The summed E-state index contributed by atoms with van der Waals surface area (Å²) in [6.45, 7) is 7.99. The van der Waals surface area contributed by atoms with E-state index in [4.69, 9.17) is 0 Å². The van der Waals surface area contributed by atoms with Crippen molar-refractivity contribution in [1.29, 1.82) is 0 Å². The van der Waals surface area contributed by atoms with E-state index >= 15 is 0 Å². The first-order chi connectivity index (χ1) is 20.6. The van der Waals surface area contributed by atoms with Crippen LogP contribution >= 0.6 is 0 Å². The van der Waals surface area contributed by atoms with Gasteiger partial charge in [0, 0.05) is 50.2 Å². The van der Waals surface area contributed by atoms with Gasteiger partial charge in [0.1, 0.15) is 13.1 Å². The Hall–Kier alpha value is -1.80. The summed E-state index contributed by atoms with van der Waals surface area (Å²) in [5.41, 5.74) is 1.49. The minimum absolute atomic E-state index is 0. The highest BCUT2D eigenvalue weighted by atomic mass is 79.9. The van der Waals surface area contributed by atoms with Gasteiger partial charge in [-0.05, 0) is 25.7 Å². The normalized spacial score (nSPS) is 10.5. The number of rotatable bonds is 25. The van der Waals surface area contributed by atoms with E-state index in [1.165, 1.54) is 89.9 Å². The van der Waals surface area contributed by atoms with Gasteiger partial charge in [0.2, 0.25) is 0 Å². The van der Waals surface area contributed by atoms with E-state index in [9.17, 15) is 9.59 Å². The number of aryl methyl sites for hydroxylation is 2. The molecule has 2 rings (SSSR count). The van der Waals surface area contributed by atoms with Crippen LogP contribution in [0.25, 0.3) is 0 Å². The zero-order valence-electron chi connectivity index (χ0n) is 27.6. The van der Waals surface area contributed by atoms with Gasteiger partial charge in [0.05, 0.1) is 11.1 Å². The molecule has 250 valence electrons. The number of hydrogen-bond acceptors (Lipinski definition) is 2. The first-order valence-electron chi connectivity index (χ1n) is 17.2. The monoisotopic (exact) mass is 738 g/mol. The van der Waals surface area contributed by atoms with Crippen molar-refractivity contribution >= 4 is 11.8 Å². The number of carbonyl (C=O) groups is 2. The first kappa shape index (κ1) is 42.2. The molecule has 0 aliphatic carbocycles. The van der Waals surface area contributed by atoms with Crippen LogP contribution in [-0.4, -0.2) is 24.9 Å². The van der Waals surface area contributed by atoms with Crippen LogP contribution in [0.3, 0.4) is 0 Å². The minimum atomic E-state index is 0. The Morgan fingerprint density at radius 3 is 1.11 bits per heavy atom. The molecule has 0 saturated heterocycles. The maximum absolute atomic E-state index is 12.3. The molecule has 2 amide bonds. The van der Waals surface area contributed by atoms with Gasteiger partial charge in [0.15, 0.2) is 24.8 Å². The van der Waals surface area contributed by atoms with Crippen molar-refractivity contribution in [2.24, 2.45) is 0 Å². The third kappa shape index (κ3) is 20.3. The summed E-state index contributed by atoms with van der Waals surface area (Å²) in [6.07, 6.45) is 30.2. The number of pyridine rings is 2. The Balaban J connectivity index is 0.00000924. The van der Waals surface area contributed by atoms with Crippen molar-refractivity contribution in [3.8, 4) is 0 Å². The van der Waals surface area contributed by atoms with Crippen molar-refractivity contribution in [2.75, 3.05) is 13.1 Å². The molecule has 0 radical (unpaired) electrons. The summed E-state index contributed by atoms with van der Waals surface area (Å²) < 4.78 is 4.36. The van der Waals surface area contributed by atoms with E-state index in [1.807, 2.05) is 49.1 Å². The molecule has 6 nitrogen and oxygen atoms in total. The molecule has 0 fully saturated rings. The molecule has 0 unspecified atom stereocenters. The van der Waals surface area contributed by atoms with E-state index in [2.05, 4.69) is 33.6 Å². The zero-order chi connectivity index (χ0) is 30.1. The number of aromatic nitrogens is 2. The molecule has 0 spiro atoms. The summed E-state index contributed by atoms with van der Waals surface area (Å²) >= 11 is 0. The molecular formula is C36H60Br2N4O2. The predicted octanol–water partition coefficient (Wildman–Crippen LogP) is 1.49. The molecule has 2 heterocycles. The summed E-state index contributed by atoms with van der Waals surface area (Å²) in [5.74, 6) is 0.0724. The Morgan fingerprint density at radius 1 is 0.477 bits per heavy atom. The van der Waals surface area contributed by atoms with Crippen molar-refractivity contribution in [3.63, 3.8) is 0 Å². The molecule has 44 heavy (non-hydrogen) atoms. The van der Waals surface area contributed by atoms with E-state index in [0.29, 0.717) is 0 Å². The van der Waals surface area contributed by atoms with Gasteiger partial charge in [-0.25, -0.2) is 9.13 Å². The second kappa shape index (κ2) is 28.7. The van der Waals surface area contributed by atoms with Crippen molar-refractivity contribution in [1.82, 2.24) is 10.6 Å². The second-order valence-electron chi connectivity index (χ2n) is 11.8. The van der Waals surface area contributed by atoms with E-state index in [1.54, 1.807) is 0 Å². The molecule has 2 aromatic heterocycles. The van der Waals surface area contributed by atoms with E-state index in [0.717, 1.165) is 63.0 Å². The van der Waals surface area contributed by atoms with Crippen LogP contribution in [0.5, 0.6) is 0 Å². The lowest BCUT2D eigenvalue weighted by Gasteiger charge is -2.05. The Morgan fingerprint density at radius 2 is 0.773 bits per heavy atom. The molecule has 0 bridgehead atoms. The topological polar surface area (TPSA) is 66.0 Å². The van der Waals surface area contributed by atoms with Crippen molar-refractivity contribution in [2.45, 2.75) is 143 Å².